The highest BCUT2D eigenvalue weighted by Crippen LogP contribution is 2.26. The average Bonchev–Trinajstić information content (AvgIpc) is 2.38. The van der Waals surface area contributed by atoms with Crippen molar-refractivity contribution in [3.8, 4) is 0 Å². The Hall–Kier alpha value is -0.120. The number of nitrogens with zero attached hydrogens (tertiary/aromatic N) is 1. The molecule has 82 valence electrons. The summed E-state index contributed by atoms with van der Waals surface area (Å²) in [6, 6.07) is 0.678. The summed E-state index contributed by atoms with van der Waals surface area (Å²) in [5.74, 6) is 0.782. The molecule has 2 aliphatic heterocycles. The van der Waals surface area contributed by atoms with Crippen molar-refractivity contribution < 1.29 is 4.74 Å². The van der Waals surface area contributed by atoms with Gasteiger partial charge in [0.1, 0.15) is 0 Å². The summed E-state index contributed by atoms with van der Waals surface area (Å²) in [6.07, 6.45) is 0. The first-order valence-corrected chi connectivity index (χ1v) is 5.59. The van der Waals surface area contributed by atoms with Gasteiger partial charge in [-0.2, -0.15) is 0 Å². The smallest absolute Gasteiger partial charge is 0.0554 e. The summed E-state index contributed by atoms with van der Waals surface area (Å²) < 4.78 is 5.25. The molecule has 0 aromatic rings. The highest BCUT2D eigenvalue weighted by atomic mass is 16.5. The standard InChI is InChI=1S/C11H22N2O/c1-9-4-13(3)5-10(9)12-6-11(2)7-14-8-11/h9-10,12H,4-8H2,1-3H3. The normalized spacial score (nSPS) is 37.1. The number of rotatable bonds is 3. The molecule has 1 N–H and O–H groups in total. The van der Waals surface area contributed by atoms with Gasteiger partial charge in [0.15, 0.2) is 0 Å². The van der Waals surface area contributed by atoms with Crippen LogP contribution in [0.25, 0.3) is 0 Å². The van der Waals surface area contributed by atoms with E-state index >= 15 is 0 Å². The lowest BCUT2D eigenvalue weighted by Crippen LogP contribution is -2.50. The minimum atomic E-state index is 0.404. The number of nitrogens with one attached hydrogen (secondary N) is 1. The number of likely N-dealkylation sites (N-methyl/N-ethyl adjacent to an activating group) is 1. The minimum Gasteiger partial charge on any atom is -0.380 e. The van der Waals surface area contributed by atoms with E-state index in [1.165, 1.54) is 13.1 Å². The molecule has 2 rings (SSSR count). The van der Waals surface area contributed by atoms with Gasteiger partial charge < -0.3 is 15.0 Å². The van der Waals surface area contributed by atoms with Gasteiger partial charge in [-0.3, -0.25) is 0 Å². The van der Waals surface area contributed by atoms with Gasteiger partial charge in [0.25, 0.3) is 0 Å². The molecule has 3 nitrogen and oxygen atoms in total. The molecule has 0 aromatic heterocycles. The maximum Gasteiger partial charge on any atom is 0.0554 e. The van der Waals surface area contributed by atoms with Gasteiger partial charge in [-0.15, -0.1) is 0 Å². The third-order valence-electron chi connectivity index (χ3n) is 3.49. The maximum atomic E-state index is 5.25. The van der Waals surface area contributed by atoms with Crippen molar-refractivity contribution >= 4 is 0 Å². The molecular weight excluding hydrogens is 176 g/mol. The van der Waals surface area contributed by atoms with E-state index < -0.39 is 0 Å². The van der Waals surface area contributed by atoms with Crippen LogP contribution in [-0.2, 0) is 4.74 Å². The summed E-state index contributed by atoms with van der Waals surface area (Å²) in [7, 11) is 2.20. The molecule has 0 aliphatic carbocycles. The van der Waals surface area contributed by atoms with E-state index in [1.54, 1.807) is 0 Å². The zero-order chi connectivity index (χ0) is 10.2. The van der Waals surface area contributed by atoms with E-state index in [2.05, 4.69) is 31.1 Å². The molecule has 2 aliphatic rings. The fourth-order valence-electron chi connectivity index (χ4n) is 2.40. The maximum absolute atomic E-state index is 5.25. The molecule has 0 radical (unpaired) electrons. The highest BCUT2D eigenvalue weighted by Gasteiger charge is 2.35. The Balaban J connectivity index is 1.75. The van der Waals surface area contributed by atoms with Crippen molar-refractivity contribution in [2.24, 2.45) is 11.3 Å². The predicted molar refractivity (Wildman–Crippen MR) is 57.4 cm³/mol. The fourth-order valence-corrected chi connectivity index (χ4v) is 2.40. The predicted octanol–water partition coefficient (Wildman–Crippen LogP) is 0.563. The molecule has 2 saturated heterocycles. The Labute approximate surface area is 86.8 Å². The number of likely N-dealkylation sites (tertiary alicyclic amines) is 1. The zero-order valence-electron chi connectivity index (χ0n) is 9.55. The highest BCUT2D eigenvalue weighted by molar-refractivity contribution is 4.89. The Morgan fingerprint density at radius 3 is 2.57 bits per heavy atom. The van der Waals surface area contributed by atoms with Gasteiger partial charge in [-0.25, -0.2) is 0 Å². The van der Waals surface area contributed by atoms with Gasteiger partial charge in [0.2, 0.25) is 0 Å². The first-order valence-electron chi connectivity index (χ1n) is 5.59. The fraction of sp³-hybridized carbons (Fsp3) is 1.00. The third-order valence-corrected chi connectivity index (χ3v) is 3.49. The van der Waals surface area contributed by atoms with Crippen LogP contribution in [0.2, 0.25) is 0 Å². The summed E-state index contributed by atoms with van der Waals surface area (Å²) in [5.41, 5.74) is 0.404. The van der Waals surface area contributed by atoms with Crippen molar-refractivity contribution in [3.63, 3.8) is 0 Å². The van der Waals surface area contributed by atoms with Crippen molar-refractivity contribution in [2.75, 3.05) is 39.9 Å². The van der Waals surface area contributed by atoms with Crippen LogP contribution >= 0.6 is 0 Å². The van der Waals surface area contributed by atoms with Gasteiger partial charge in [-0.1, -0.05) is 13.8 Å². The Bertz CT molecular complexity index is 203. The van der Waals surface area contributed by atoms with Crippen molar-refractivity contribution in [3.05, 3.63) is 0 Å². The molecule has 2 fully saturated rings. The molecule has 0 bridgehead atoms. The van der Waals surface area contributed by atoms with E-state index in [-0.39, 0.29) is 0 Å². The lowest BCUT2D eigenvalue weighted by Gasteiger charge is -2.39. The van der Waals surface area contributed by atoms with Crippen LogP contribution < -0.4 is 5.32 Å². The van der Waals surface area contributed by atoms with E-state index in [1.807, 2.05) is 0 Å². The first-order chi connectivity index (χ1) is 6.59. The molecule has 2 heterocycles. The van der Waals surface area contributed by atoms with Gasteiger partial charge in [0, 0.05) is 31.1 Å². The molecule has 2 unspecified atom stereocenters. The molecular formula is C11H22N2O. The third kappa shape index (κ3) is 2.10. The van der Waals surface area contributed by atoms with Crippen LogP contribution in [-0.4, -0.2) is 50.8 Å². The quantitative estimate of drug-likeness (QED) is 0.717. The van der Waals surface area contributed by atoms with Crippen LogP contribution in [0.3, 0.4) is 0 Å². The van der Waals surface area contributed by atoms with Crippen molar-refractivity contribution in [2.45, 2.75) is 19.9 Å². The first kappa shape index (κ1) is 10.4. The largest absolute Gasteiger partial charge is 0.380 e. The molecule has 14 heavy (non-hydrogen) atoms. The lowest BCUT2D eigenvalue weighted by molar-refractivity contribution is -0.100. The van der Waals surface area contributed by atoms with Crippen molar-refractivity contribution in [1.29, 1.82) is 0 Å². The minimum absolute atomic E-state index is 0.404. The molecule has 3 heteroatoms. The lowest BCUT2D eigenvalue weighted by atomic mass is 9.88. The van der Waals surface area contributed by atoms with Crippen LogP contribution in [0.5, 0.6) is 0 Å². The summed E-state index contributed by atoms with van der Waals surface area (Å²) >= 11 is 0. The molecule has 0 spiro atoms. The molecule has 0 amide bonds. The SMILES string of the molecule is CC1CN(C)CC1NCC1(C)COC1. The van der Waals surface area contributed by atoms with Crippen LogP contribution in [0.4, 0.5) is 0 Å². The van der Waals surface area contributed by atoms with E-state index in [4.69, 9.17) is 4.74 Å². The summed E-state index contributed by atoms with van der Waals surface area (Å²) in [4.78, 5) is 2.40. The Kier molecular flexibility index (Phi) is 2.82. The van der Waals surface area contributed by atoms with Gasteiger partial charge >= 0.3 is 0 Å². The van der Waals surface area contributed by atoms with Crippen LogP contribution in [0.1, 0.15) is 13.8 Å². The van der Waals surface area contributed by atoms with Crippen molar-refractivity contribution in [1.82, 2.24) is 10.2 Å². The number of ether oxygens (including phenoxy) is 1. The Morgan fingerprint density at radius 2 is 2.14 bits per heavy atom. The zero-order valence-corrected chi connectivity index (χ0v) is 9.55. The Morgan fingerprint density at radius 1 is 1.43 bits per heavy atom. The van der Waals surface area contributed by atoms with E-state index in [0.717, 1.165) is 25.7 Å². The van der Waals surface area contributed by atoms with E-state index in [0.29, 0.717) is 11.5 Å². The second-order valence-electron chi connectivity index (χ2n) is 5.49. The second-order valence-corrected chi connectivity index (χ2v) is 5.49. The van der Waals surface area contributed by atoms with Gasteiger partial charge in [0.05, 0.1) is 13.2 Å². The summed E-state index contributed by atoms with van der Waals surface area (Å²) in [5, 5.41) is 3.68. The second kappa shape index (κ2) is 3.80. The molecule has 0 saturated carbocycles. The van der Waals surface area contributed by atoms with E-state index in [9.17, 15) is 0 Å². The average molecular weight is 198 g/mol. The monoisotopic (exact) mass is 198 g/mol. The van der Waals surface area contributed by atoms with Crippen LogP contribution in [0.15, 0.2) is 0 Å². The van der Waals surface area contributed by atoms with Crippen LogP contribution in [0, 0.1) is 11.3 Å². The topological polar surface area (TPSA) is 24.5 Å². The number of hydrogen-bond acceptors (Lipinski definition) is 3. The molecule has 2 atom stereocenters. The summed E-state index contributed by atoms with van der Waals surface area (Å²) in [6.45, 7) is 10.0. The number of hydrogen-bond donors (Lipinski definition) is 1. The van der Waals surface area contributed by atoms with Gasteiger partial charge in [-0.05, 0) is 13.0 Å². The molecule has 0 aromatic carbocycles.